The van der Waals surface area contributed by atoms with Crippen molar-refractivity contribution >= 4 is 6.09 Å². The van der Waals surface area contributed by atoms with Gasteiger partial charge in [-0.05, 0) is 71.5 Å². The third-order valence-corrected chi connectivity index (χ3v) is 7.33. The van der Waals surface area contributed by atoms with E-state index in [2.05, 4.69) is 0 Å². The van der Waals surface area contributed by atoms with Gasteiger partial charge in [-0.2, -0.15) is 39.5 Å². The molecule has 4 rings (SSSR count). The van der Waals surface area contributed by atoms with Gasteiger partial charge < -0.3 is 9.47 Å². The zero-order chi connectivity index (χ0) is 32.9. The summed E-state index contributed by atoms with van der Waals surface area (Å²) in [5.41, 5.74) is -4.48. The van der Waals surface area contributed by atoms with Crippen molar-refractivity contribution in [1.29, 1.82) is 0 Å². The van der Waals surface area contributed by atoms with Crippen LogP contribution in [0.15, 0.2) is 48.5 Å². The highest BCUT2D eigenvalue weighted by molar-refractivity contribution is 5.76. The average molecular weight is 638 g/mol. The Morgan fingerprint density at radius 3 is 1.89 bits per heavy atom. The first-order valence-electron chi connectivity index (χ1n) is 13.1. The topological polar surface area (TPSA) is 38.8 Å². The lowest BCUT2D eigenvalue weighted by molar-refractivity contribution is -0.143. The lowest BCUT2D eigenvalue weighted by Crippen LogP contribution is -2.32. The van der Waals surface area contributed by atoms with Crippen LogP contribution in [0.25, 0.3) is 11.1 Å². The number of amides is 1. The van der Waals surface area contributed by atoms with E-state index in [4.69, 9.17) is 9.47 Å². The van der Waals surface area contributed by atoms with E-state index in [1.807, 2.05) is 0 Å². The Hall–Kier alpha value is -3.97. The van der Waals surface area contributed by atoms with Crippen LogP contribution < -0.4 is 4.74 Å². The molecule has 0 spiro atoms. The molecular weight excluding hydrogens is 612 g/mol. The highest BCUT2D eigenvalue weighted by atomic mass is 19.4. The van der Waals surface area contributed by atoms with Crippen LogP contribution in [-0.4, -0.2) is 24.1 Å². The maximum absolute atomic E-state index is 14.7. The van der Waals surface area contributed by atoms with Crippen molar-refractivity contribution in [1.82, 2.24) is 4.90 Å². The molecule has 2 atom stereocenters. The molecule has 1 amide bonds. The second-order valence-corrected chi connectivity index (χ2v) is 10.6. The summed E-state index contributed by atoms with van der Waals surface area (Å²) in [5, 5.41) is 0. The highest BCUT2D eigenvalue weighted by Crippen LogP contribution is 2.43. The number of nitrogens with zero attached hydrogens (tertiary/aromatic N) is 1. The number of cyclic esters (lactones) is 1. The molecule has 1 heterocycles. The first-order chi connectivity index (χ1) is 20.2. The van der Waals surface area contributed by atoms with Crippen LogP contribution >= 0.6 is 0 Å². The quantitative estimate of drug-likeness (QED) is 0.253. The maximum atomic E-state index is 14.7. The minimum atomic E-state index is -5.16. The number of ether oxygens (including phenoxy) is 2. The second kappa shape index (κ2) is 11.5. The van der Waals surface area contributed by atoms with Crippen LogP contribution in [-0.2, 0) is 29.8 Å². The van der Waals surface area contributed by atoms with E-state index >= 15 is 0 Å². The van der Waals surface area contributed by atoms with Crippen molar-refractivity contribution in [2.75, 3.05) is 7.11 Å². The molecular formula is C30H25F10NO3. The van der Waals surface area contributed by atoms with Crippen LogP contribution in [0.1, 0.15) is 66.2 Å². The van der Waals surface area contributed by atoms with Crippen LogP contribution in [0.5, 0.6) is 5.75 Å². The van der Waals surface area contributed by atoms with Crippen molar-refractivity contribution in [2.45, 2.75) is 63.9 Å². The van der Waals surface area contributed by atoms with Crippen molar-refractivity contribution in [3.8, 4) is 16.9 Å². The standard InChI is InChI=1S/C30H25F10NO3/c1-14(2)22-11-23(25(43-4)12-24(22)31)21-6-5-18(28(32,33)34)9-17(21)13-41-15(3)26(44-27(41)42)16-7-19(29(35,36)37)10-20(8-16)30(38,39)40/h5-12,14-15,26H,13H2,1-4H3/t15-,26+/m0/s1. The molecule has 0 bridgehead atoms. The third-order valence-electron chi connectivity index (χ3n) is 7.33. The fourth-order valence-electron chi connectivity index (χ4n) is 5.04. The van der Waals surface area contributed by atoms with Gasteiger partial charge in [-0.3, -0.25) is 4.90 Å². The summed E-state index contributed by atoms with van der Waals surface area (Å²) < 4.78 is 147. The molecule has 0 radical (unpaired) electrons. The monoisotopic (exact) mass is 637 g/mol. The van der Waals surface area contributed by atoms with E-state index in [0.717, 1.165) is 29.2 Å². The molecule has 1 aliphatic rings. The number of halogens is 10. The molecule has 44 heavy (non-hydrogen) atoms. The molecule has 1 aliphatic heterocycles. The summed E-state index contributed by atoms with van der Waals surface area (Å²) in [6, 6.07) is 4.71. The number of carbonyl (C=O) groups excluding carboxylic acids is 1. The normalized spacial score (nSPS) is 17.8. The summed E-state index contributed by atoms with van der Waals surface area (Å²) in [5.74, 6) is -0.972. The maximum Gasteiger partial charge on any atom is 0.416 e. The van der Waals surface area contributed by atoms with Crippen LogP contribution in [0.2, 0.25) is 0 Å². The molecule has 3 aromatic rings. The lowest BCUT2D eigenvalue weighted by Gasteiger charge is -2.24. The van der Waals surface area contributed by atoms with Crippen molar-refractivity contribution in [3.63, 3.8) is 0 Å². The fourth-order valence-corrected chi connectivity index (χ4v) is 5.04. The smallest absolute Gasteiger partial charge is 0.416 e. The minimum Gasteiger partial charge on any atom is -0.496 e. The van der Waals surface area contributed by atoms with Gasteiger partial charge in [0, 0.05) is 11.6 Å². The average Bonchev–Trinajstić information content (AvgIpc) is 3.19. The SMILES string of the molecule is COc1cc(F)c(C(C)C)cc1-c1ccc(C(F)(F)F)cc1CN1C(=O)O[C@@H](c2cc(C(F)(F)F)cc(C(F)(F)F)c2)[C@@H]1C. The van der Waals surface area contributed by atoms with Crippen molar-refractivity contribution in [3.05, 3.63) is 87.7 Å². The number of hydrogen-bond acceptors (Lipinski definition) is 3. The van der Waals surface area contributed by atoms with E-state index < -0.39 is 71.4 Å². The Balaban J connectivity index is 1.81. The van der Waals surface area contributed by atoms with Crippen LogP contribution in [0.3, 0.4) is 0 Å². The van der Waals surface area contributed by atoms with Gasteiger partial charge >= 0.3 is 24.6 Å². The molecule has 1 saturated heterocycles. The molecule has 0 saturated carbocycles. The fraction of sp³-hybridized carbons (Fsp3) is 0.367. The largest absolute Gasteiger partial charge is 0.496 e. The highest BCUT2D eigenvalue weighted by Gasteiger charge is 2.44. The zero-order valence-corrected chi connectivity index (χ0v) is 23.5. The van der Waals surface area contributed by atoms with Gasteiger partial charge in [-0.15, -0.1) is 0 Å². The Bertz CT molecular complexity index is 1530. The zero-order valence-electron chi connectivity index (χ0n) is 23.5. The van der Waals surface area contributed by atoms with Crippen LogP contribution in [0, 0.1) is 5.82 Å². The number of hydrogen-bond donors (Lipinski definition) is 0. The third kappa shape index (κ3) is 6.58. The Morgan fingerprint density at radius 1 is 0.818 bits per heavy atom. The van der Waals surface area contributed by atoms with Crippen LogP contribution in [0.4, 0.5) is 48.7 Å². The molecule has 14 heteroatoms. The van der Waals surface area contributed by atoms with E-state index in [0.29, 0.717) is 12.1 Å². The van der Waals surface area contributed by atoms with E-state index in [1.165, 1.54) is 20.1 Å². The van der Waals surface area contributed by atoms with Gasteiger partial charge in [0.15, 0.2) is 0 Å². The predicted molar refractivity (Wildman–Crippen MR) is 138 cm³/mol. The van der Waals surface area contributed by atoms with E-state index in [9.17, 15) is 48.7 Å². The summed E-state index contributed by atoms with van der Waals surface area (Å²) in [7, 11) is 1.23. The van der Waals surface area contributed by atoms with Gasteiger partial charge in [0.1, 0.15) is 17.7 Å². The number of methoxy groups -OCH3 is 1. The van der Waals surface area contributed by atoms with Gasteiger partial charge in [0.25, 0.3) is 0 Å². The van der Waals surface area contributed by atoms with Gasteiger partial charge in [-0.1, -0.05) is 19.9 Å². The van der Waals surface area contributed by atoms with Gasteiger partial charge in [-0.25, -0.2) is 9.18 Å². The molecule has 0 N–H and O–H groups in total. The molecule has 4 nitrogen and oxygen atoms in total. The number of rotatable bonds is 6. The molecule has 1 fully saturated rings. The molecule has 3 aromatic carbocycles. The predicted octanol–water partition coefficient (Wildman–Crippen LogP) is 9.76. The van der Waals surface area contributed by atoms with E-state index in [1.54, 1.807) is 13.8 Å². The summed E-state index contributed by atoms with van der Waals surface area (Å²) in [6.45, 7) is 4.09. The molecule has 0 aliphatic carbocycles. The summed E-state index contributed by atoms with van der Waals surface area (Å²) in [6.07, 6.45) is -17.9. The number of benzene rings is 3. The lowest BCUT2D eigenvalue weighted by atomic mass is 9.91. The first-order valence-corrected chi connectivity index (χ1v) is 13.1. The Labute approximate surface area is 245 Å². The second-order valence-electron chi connectivity index (χ2n) is 10.6. The number of alkyl halides is 9. The summed E-state index contributed by atoms with van der Waals surface area (Å²) >= 11 is 0. The first kappa shape index (κ1) is 32.9. The molecule has 238 valence electrons. The number of carbonyl (C=O) groups is 1. The van der Waals surface area contributed by atoms with E-state index in [-0.39, 0.29) is 40.0 Å². The van der Waals surface area contributed by atoms with Gasteiger partial charge in [0.2, 0.25) is 0 Å². The Kier molecular flexibility index (Phi) is 8.62. The van der Waals surface area contributed by atoms with Crippen molar-refractivity contribution < 1.29 is 58.2 Å². The van der Waals surface area contributed by atoms with Gasteiger partial charge in [0.05, 0.1) is 36.4 Å². The minimum absolute atomic E-state index is 0.0218. The molecule has 0 aromatic heterocycles. The Morgan fingerprint density at radius 2 is 1.39 bits per heavy atom. The molecule has 0 unspecified atom stereocenters. The van der Waals surface area contributed by atoms with Crippen molar-refractivity contribution in [2.24, 2.45) is 0 Å². The summed E-state index contributed by atoms with van der Waals surface area (Å²) in [4.78, 5) is 13.8.